The number of carbonyl (C=O) groups is 1. The summed E-state index contributed by atoms with van der Waals surface area (Å²) in [4.78, 5) is 16.8. The van der Waals surface area contributed by atoms with Crippen molar-refractivity contribution in [1.82, 2.24) is 20.0 Å². The van der Waals surface area contributed by atoms with Gasteiger partial charge in [-0.05, 0) is 26.3 Å². The number of rotatable bonds is 3. The number of aromatic amines is 1. The minimum Gasteiger partial charge on any atom is -0.395 e. The summed E-state index contributed by atoms with van der Waals surface area (Å²) in [7, 11) is 0. The van der Waals surface area contributed by atoms with Gasteiger partial charge in [0.2, 0.25) is 0 Å². The molecule has 1 unspecified atom stereocenters. The lowest BCUT2D eigenvalue weighted by molar-refractivity contribution is 0.0524. The van der Waals surface area contributed by atoms with Gasteiger partial charge in [-0.1, -0.05) is 6.92 Å². The van der Waals surface area contributed by atoms with Crippen LogP contribution in [0.5, 0.6) is 0 Å². The average molecular weight is 277 g/mol. The van der Waals surface area contributed by atoms with Crippen LogP contribution in [-0.2, 0) is 0 Å². The summed E-state index contributed by atoms with van der Waals surface area (Å²) in [6.45, 7) is 7.76. The molecule has 1 aliphatic heterocycles. The molecule has 1 aromatic heterocycles. The molecule has 6 nitrogen and oxygen atoms in total. The number of nitrogens with zero attached hydrogens (tertiary/aromatic N) is 3. The highest BCUT2D eigenvalue weighted by Gasteiger charge is 2.33. The van der Waals surface area contributed by atoms with Gasteiger partial charge in [-0.25, -0.2) is 0 Å². The molecule has 110 valence electrons. The monoisotopic (exact) mass is 277 g/mol. The van der Waals surface area contributed by atoms with Crippen molar-refractivity contribution < 1.29 is 4.79 Å². The Bertz CT molecular complexity index is 508. The van der Waals surface area contributed by atoms with E-state index in [0.29, 0.717) is 23.3 Å². The first-order valence-corrected chi connectivity index (χ1v) is 7.48. The van der Waals surface area contributed by atoms with Gasteiger partial charge < -0.3 is 10.6 Å². The van der Waals surface area contributed by atoms with Gasteiger partial charge in [0.15, 0.2) is 5.69 Å². The summed E-state index contributed by atoms with van der Waals surface area (Å²) >= 11 is 0. The molecule has 2 aliphatic rings. The Hall–Kier alpha value is -1.56. The lowest BCUT2D eigenvalue weighted by Gasteiger charge is -2.39. The zero-order valence-corrected chi connectivity index (χ0v) is 12.2. The summed E-state index contributed by atoms with van der Waals surface area (Å²) in [5, 5.41) is 7.12. The number of aromatic nitrogens is 2. The van der Waals surface area contributed by atoms with Crippen molar-refractivity contribution in [1.29, 1.82) is 0 Å². The fraction of sp³-hybridized carbons (Fsp3) is 0.714. The summed E-state index contributed by atoms with van der Waals surface area (Å²) < 4.78 is 0. The van der Waals surface area contributed by atoms with Crippen LogP contribution in [-0.4, -0.2) is 58.1 Å². The van der Waals surface area contributed by atoms with Gasteiger partial charge in [0.25, 0.3) is 5.91 Å². The molecule has 2 fully saturated rings. The fourth-order valence-electron chi connectivity index (χ4n) is 3.01. The first kappa shape index (κ1) is 13.4. The van der Waals surface area contributed by atoms with Crippen molar-refractivity contribution in [2.45, 2.75) is 38.6 Å². The van der Waals surface area contributed by atoms with Gasteiger partial charge in [0.1, 0.15) is 0 Å². The van der Waals surface area contributed by atoms with Gasteiger partial charge >= 0.3 is 0 Å². The maximum absolute atomic E-state index is 12.6. The van der Waals surface area contributed by atoms with Gasteiger partial charge in [-0.2, -0.15) is 5.10 Å². The van der Waals surface area contributed by atoms with E-state index >= 15 is 0 Å². The van der Waals surface area contributed by atoms with Crippen LogP contribution in [0.15, 0.2) is 0 Å². The Labute approximate surface area is 119 Å². The molecule has 20 heavy (non-hydrogen) atoms. The fourth-order valence-corrected chi connectivity index (χ4v) is 3.01. The summed E-state index contributed by atoms with van der Waals surface area (Å²) in [6.07, 6.45) is 2.29. The van der Waals surface area contributed by atoms with E-state index < -0.39 is 0 Å². The summed E-state index contributed by atoms with van der Waals surface area (Å²) in [5.74, 6) is 0.452. The zero-order valence-electron chi connectivity index (χ0n) is 12.2. The number of amides is 1. The van der Waals surface area contributed by atoms with Crippen molar-refractivity contribution >= 4 is 11.6 Å². The van der Waals surface area contributed by atoms with Crippen LogP contribution in [0, 0.1) is 0 Å². The Morgan fingerprint density at radius 3 is 2.80 bits per heavy atom. The topological polar surface area (TPSA) is 78.2 Å². The molecule has 0 bridgehead atoms. The number of likely N-dealkylation sites (N-methyl/N-ethyl adjacent to an activating group) is 1. The summed E-state index contributed by atoms with van der Waals surface area (Å²) in [6, 6.07) is 0.390. The van der Waals surface area contributed by atoms with Crippen LogP contribution >= 0.6 is 0 Å². The molecule has 3 rings (SSSR count). The van der Waals surface area contributed by atoms with Crippen LogP contribution in [0.1, 0.15) is 48.8 Å². The number of nitrogen functional groups attached to an aromatic ring is 1. The number of nitrogens with two attached hydrogens (primary N) is 1. The van der Waals surface area contributed by atoms with Crippen LogP contribution in [0.2, 0.25) is 0 Å². The molecule has 1 saturated heterocycles. The molecule has 0 spiro atoms. The maximum atomic E-state index is 12.6. The second-order valence-corrected chi connectivity index (χ2v) is 5.90. The van der Waals surface area contributed by atoms with Crippen LogP contribution in [0.25, 0.3) is 0 Å². The number of hydrogen-bond acceptors (Lipinski definition) is 4. The second-order valence-electron chi connectivity index (χ2n) is 5.90. The molecule has 2 heterocycles. The molecule has 0 radical (unpaired) electrons. The SMILES string of the molecule is CCN1CCN(C(=O)c2n[nH]c(C3CC3)c2N)CC1C. The lowest BCUT2D eigenvalue weighted by atomic mass is 10.1. The van der Waals surface area contributed by atoms with E-state index in [4.69, 9.17) is 5.73 Å². The molecule has 1 amide bonds. The largest absolute Gasteiger partial charge is 0.395 e. The molecule has 1 aromatic rings. The van der Waals surface area contributed by atoms with Crippen molar-refractivity contribution in [3.8, 4) is 0 Å². The van der Waals surface area contributed by atoms with Crippen LogP contribution < -0.4 is 5.73 Å². The highest BCUT2D eigenvalue weighted by atomic mass is 16.2. The highest BCUT2D eigenvalue weighted by Crippen LogP contribution is 2.42. The van der Waals surface area contributed by atoms with E-state index in [2.05, 4.69) is 28.9 Å². The third-order valence-electron chi connectivity index (χ3n) is 4.48. The standard InChI is InChI=1S/C14H23N5O/c1-3-18-6-7-19(8-9(18)2)14(20)13-11(15)12(16-17-13)10-4-5-10/h9-10H,3-8,15H2,1-2H3,(H,16,17). The van der Waals surface area contributed by atoms with Gasteiger partial charge in [-0.15, -0.1) is 0 Å². The highest BCUT2D eigenvalue weighted by molar-refractivity contribution is 5.97. The quantitative estimate of drug-likeness (QED) is 0.865. The number of nitrogens with one attached hydrogen (secondary N) is 1. The van der Waals surface area contributed by atoms with Crippen molar-refractivity contribution in [2.75, 3.05) is 31.9 Å². The Kier molecular flexibility index (Phi) is 3.41. The first-order chi connectivity index (χ1) is 9.61. The Morgan fingerprint density at radius 1 is 1.45 bits per heavy atom. The minimum atomic E-state index is -0.0340. The number of piperazine rings is 1. The number of anilines is 1. The van der Waals surface area contributed by atoms with E-state index in [0.717, 1.165) is 44.7 Å². The third kappa shape index (κ3) is 2.28. The normalized spacial score (nSPS) is 24.1. The molecule has 6 heteroatoms. The molecule has 1 aliphatic carbocycles. The minimum absolute atomic E-state index is 0.0340. The predicted octanol–water partition coefficient (Wildman–Crippen LogP) is 1.04. The van der Waals surface area contributed by atoms with Gasteiger partial charge in [-0.3, -0.25) is 14.8 Å². The average Bonchev–Trinajstić information content (AvgIpc) is 3.21. The molecule has 1 atom stereocenters. The molecular weight excluding hydrogens is 254 g/mol. The van der Waals surface area contributed by atoms with Gasteiger partial charge in [0.05, 0.1) is 11.4 Å². The maximum Gasteiger partial charge on any atom is 0.276 e. The number of carbonyl (C=O) groups excluding carboxylic acids is 1. The predicted molar refractivity (Wildman–Crippen MR) is 77.6 cm³/mol. The lowest BCUT2D eigenvalue weighted by Crippen LogP contribution is -2.53. The summed E-state index contributed by atoms with van der Waals surface area (Å²) in [5.41, 5.74) is 8.01. The third-order valence-corrected chi connectivity index (χ3v) is 4.48. The molecule has 0 aromatic carbocycles. The molecular formula is C14H23N5O. The Balaban J connectivity index is 1.73. The van der Waals surface area contributed by atoms with E-state index in [1.165, 1.54) is 0 Å². The van der Waals surface area contributed by atoms with E-state index in [1.54, 1.807) is 0 Å². The van der Waals surface area contributed by atoms with E-state index in [9.17, 15) is 4.79 Å². The first-order valence-electron chi connectivity index (χ1n) is 7.48. The van der Waals surface area contributed by atoms with Crippen molar-refractivity contribution in [3.63, 3.8) is 0 Å². The van der Waals surface area contributed by atoms with E-state index in [-0.39, 0.29) is 5.91 Å². The molecule has 3 N–H and O–H groups in total. The van der Waals surface area contributed by atoms with E-state index in [1.807, 2.05) is 4.90 Å². The van der Waals surface area contributed by atoms with Crippen molar-refractivity contribution in [3.05, 3.63) is 11.4 Å². The van der Waals surface area contributed by atoms with Gasteiger partial charge in [0, 0.05) is 31.6 Å². The number of hydrogen-bond donors (Lipinski definition) is 2. The smallest absolute Gasteiger partial charge is 0.276 e. The van der Waals surface area contributed by atoms with Crippen LogP contribution in [0.3, 0.4) is 0 Å². The zero-order chi connectivity index (χ0) is 14.3. The number of H-pyrrole nitrogens is 1. The Morgan fingerprint density at radius 2 is 2.20 bits per heavy atom. The van der Waals surface area contributed by atoms with Crippen LogP contribution in [0.4, 0.5) is 5.69 Å². The molecule has 1 saturated carbocycles. The second kappa shape index (κ2) is 5.09. The van der Waals surface area contributed by atoms with Crippen molar-refractivity contribution in [2.24, 2.45) is 0 Å².